The molecule has 0 amide bonds. The first-order valence-corrected chi connectivity index (χ1v) is 8.33. The summed E-state index contributed by atoms with van der Waals surface area (Å²) < 4.78 is 16.0. The first-order valence-electron chi connectivity index (χ1n) is 7.39. The molecular weight excluding hydrogens is 344 g/mol. The maximum Gasteiger partial charge on any atom is 0.205 e. The van der Waals surface area contributed by atoms with E-state index in [2.05, 4.69) is 4.99 Å². The minimum absolute atomic E-state index is 0.0141. The fraction of sp³-hybridized carbons (Fsp3) is 0.176. The van der Waals surface area contributed by atoms with Crippen molar-refractivity contribution in [3.63, 3.8) is 0 Å². The molecule has 4 rings (SSSR count). The Morgan fingerprint density at radius 2 is 2.16 bits per heavy atom. The molecule has 2 aromatic rings. The number of carbonyl (C=O) groups excluding carboxylic acids is 1. The molecule has 1 aromatic carbocycles. The number of phenols is 1. The number of aliphatic imine (C=N–C) groups is 1. The SMILES string of the molecule is COc1c(C(=O)C2=CN3C=CSC3N=C2)c(O)c(OC)c2occc12. The number of ether oxygens (including phenoxy) is 2. The number of nitrogens with zero attached hydrogens (tertiary/aromatic N) is 2. The Morgan fingerprint density at radius 3 is 2.92 bits per heavy atom. The van der Waals surface area contributed by atoms with E-state index < -0.39 is 5.78 Å². The molecule has 1 aromatic heterocycles. The molecule has 0 fully saturated rings. The maximum atomic E-state index is 13.1. The first-order chi connectivity index (χ1) is 12.2. The number of carbonyl (C=O) groups is 1. The van der Waals surface area contributed by atoms with Gasteiger partial charge in [0, 0.05) is 18.6 Å². The second-order valence-electron chi connectivity index (χ2n) is 5.34. The van der Waals surface area contributed by atoms with Gasteiger partial charge in [-0.05, 0) is 11.5 Å². The van der Waals surface area contributed by atoms with Crippen LogP contribution in [-0.2, 0) is 0 Å². The molecule has 0 aliphatic carbocycles. The van der Waals surface area contributed by atoms with Crippen LogP contribution < -0.4 is 9.47 Å². The average Bonchev–Trinajstić information content (AvgIpc) is 3.28. The summed E-state index contributed by atoms with van der Waals surface area (Å²) in [4.78, 5) is 19.2. The zero-order chi connectivity index (χ0) is 17.6. The number of hydrogen-bond acceptors (Lipinski definition) is 8. The lowest BCUT2D eigenvalue weighted by Gasteiger charge is -2.22. The summed E-state index contributed by atoms with van der Waals surface area (Å²) in [6.45, 7) is 0. The Balaban J connectivity index is 1.88. The van der Waals surface area contributed by atoms with Crippen LogP contribution in [0.3, 0.4) is 0 Å². The zero-order valence-electron chi connectivity index (χ0n) is 13.4. The highest BCUT2D eigenvalue weighted by Crippen LogP contribution is 2.46. The lowest BCUT2D eigenvalue weighted by molar-refractivity contribution is 0.103. The summed E-state index contributed by atoms with van der Waals surface area (Å²) in [5.41, 5.74) is 0.582. The molecule has 1 N–H and O–H groups in total. The number of methoxy groups -OCH3 is 2. The van der Waals surface area contributed by atoms with E-state index in [9.17, 15) is 9.90 Å². The maximum absolute atomic E-state index is 13.1. The van der Waals surface area contributed by atoms with Gasteiger partial charge in [0.1, 0.15) is 11.3 Å². The van der Waals surface area contributed by atoms with E-state index in [-0.39, 0.29) is 28.3 Å². The molecular formula is C17H14N2O5S. The Bertz CT molecular complexity index is 960. The van der Waals surface area contributed by atoms with Crippen molar-refractivity contribution in [3.05, 3.63) is 41.3 Å². The van der Waals surface area contributed by atoms with Gasteiger partial charge in [0.2, 0.25) is 11.5 Å². The number of fused-ring (bicyclic) bond motifs is 2. The summed E-state index contributed by atoms with van der Waals surface area (Å²) in [6, 6.07) is 1.66. The quantitative estimate of drug-likeness (QED) is 0.841. The van der Waals surface area contributed by atoms with Crippen molar-refractivity contribution in [1.82, 2.24) is 4.90 Å². The number of benzene rings is 1. The molecule has 2 aliphatic rings. The number of thioether (sulfide) groups is 1. The van der Waals surface area contributed by atoms with Crippen molar-refractivity contribution in [2.45, 2.75) is 5.50 Å². The topological polar surface area (TPSA) is 84.5 Å². The molecule has 0 saturated heterocycles. The normalized spacial score (nSPS) is 18.4. The van der Waals surface area contributed by atoms with Gasteiger partial charge in [0.25, 0.3) is 0 Å². The van der Waals surface area contributed by atoms with E-state index in [1.54, 1.807) is 24.0 Å². The largest absolute Gasteiger partial charge is 0.504 e. The number of aromatic hydroxyl groups is 1. The molecule has 1 unspecified atom stereocenters. The average molecular weight is 358 g/mol. The van der Waals surface area contributed by atoms with Gasteiger partial charge in [-0.3, -0.25) is 9.79 Å². The highest BCUT2D eigenvalue weighted by Gasteiger charge is 2.31. The second-order valence-corrected chi connectivity index (χ2v) is 6.31. The third-order valence-corrected chi connectivity index (χ3v) is 4.90. The van der Waals surface area contributed by atoms with Crippen molar-refractivity contribution >= 4 is 34.7 Å². The van der Waals surface area contributed by atoms with Crippen LogP contribution in [0.4, 0.5) is 0 Å². The molecule has 3 heterocycles. The second kappa shape index (κ2) is 5.89. The van der Waals surface area contributed by atoms with E-state index in [4.69, 9.17) is 13.9 Å². The minimum Gasteiger partial charge on any atom is -0.504 e. The predicted molar refractivity (Wildman–Crippen MR) is 94.2 cm³/mol. The van der Waals surface area contributed by atoms with Gasteiger partial charge in [-0.15, -0.1) is 0 Å². The Hall–Kier alpha value is -2.87. The van der Waals surface area contributed by atoms with Crippen LogP contribution >= 0.6 is 11.8 Å². The fourth-order valence-corrected chi connectivity index (χ4v) is 3.63. The minimum atomic E-state index is -0.414. The van der Waals surface area contributed by atoms with Crippen LogP contribution in [0, 0.1) is 0 Å². The van der Waals surface area contributed by atoms with Crippen molar-refractivity contribution in [2.75, 3.05) is 14.2 Å². The molecule has 0 bridgehead atoms. The van der Waals surface area contributed by atoms with Gasteiger partial charge >= 0.3 is 0 Å². The molecule has 1 atom stereocenters. The third kappa shape index (κ3) is 2.29. The molecule has 2 aliphatic heterocycles. The van der Waals surface area contributed by atoms with Gasteiger partial charge in [-0.2, -0.15) is 0 Å². The van der Waals surface area contributed by atoms with Crippen LogP contribution in [-0.4, -0.2) is 41.7 Å². The predicted octanol–water partition coefficient (Wildman–Crippen LogP) is 3.11. The number of hydrogen-bond donors (Lipinski definition) is 1. The highest BCUT2D eigenvalue weighted by atomic mass is 32.2. The summed E-state index contributed by atoms with van der Waals surface area (Å²) in [7, 11) is 2.83. The lowest BCUT2D eigenvalue weighted by Crippen LogP contribution is -2.24. The van der Waals surface area contributed by atoms with Gasteiger partial charge in [-0.25, -0.2) is 0 Å². The van der Waals surface area contributed by atoms with E-state index >= 15 is 0 Å². The number of Topliss-reactive ketones (excluding diaryl/α,β-unsaturated/α-hetero) is 1. The monoisotopic (exact) mass is 358 g/mol. The molecule has 0 radical (unpaired) electrons. The van der Waals surface area contributed by atoms with E-state index in [0.717, 1.165) is 0 Å². The molecule has 7 nitrogen and oxygen atoms in total. The van der Waals surface area contributed by atoms with Crippen LogP contribution in [0.1, 0.15) is 10.4 Å². The summed E-state index contributed by atoms with van der Waals surface area (Å²) in [5.74, 6) is -0.417. The number of phenolic OH excluding ortho intramolecular Hbond substituents is 1. The zero-order valence-corrected chi connectivity index (χ0v) is 14.2. The fourth-order valence-electron chi connectivity index (χ4n) is 2.88. The Labute approximate surface area is 147 Å². The molecule has 8 heteroatoms. The van der Waals surface area contributed by atoms with Crippen LogP contribution in [0.25, 0.3) is 11.0 Å². The van der Waals surface area contributed by atoms with E-state index in [0.29, 0.717) is 16.5 Å². The number of ketones is 1. The van der Waals surface area contributed by atoms with Crippen LogP contribution in [0.2, 0.25) is 0 Å². The molecule has 128 valence electrons. The Kier molecular flexibility index (Phi) is 3.69. The summed E-state index contributed by atoms with van der Waals surface area (Å²) in [5, 5.41) is 13.1. The van der Waals surface area contributed by atoms with Gasteiger partial charge in [0.15, 0.2) is 16.8 Å². The van der Waals surface area contributed by atoms with Gasteiger partial charge in [-0.1, -0.05) is 11.8 Å². The van der Waals surface area contributed by atoms with Crippen molar-refractivity contribution in [1.29, 1.82) is 0 Å². The highest BCUT2D eigenvalue weighted by molar-refractivity contribution is 8.02. The molecule has 0 saturated carbocycles. The van der Waals surface area contributed by atoms with E-state index in [1.807, 2.05) is 16.5 Å². The van der Waals surface area contributed by atoms with E-state index in [1.165, 1.54) is 26.7 Å². The first kappa shape index (κ1) is 15.6. The standard InChI is InChI=1S/C17H14N2O5S/c1-22-14-10-3-5-24-15(10)16(23-2)13(21)11(14)12(20)9-7-18-17-19(8-9)4-6-25-17/h3-8,17,21H,1-2H3. The molecule has 25 heavy (non-hydrogen) atoms. The van der Waals surface area contributed by atoms with Crippen LogP contribution in [0.15, 0.2) is 45.1 Å². The van der Waals surface area contributed by atoms with Crippen molar-refractivity contribution < 1.29 is 23.8 Å². The number of allylic oxidation sites excluding steroid dienone is 1. The van der Waals surface area contributed by atoms with Crippen molar-refractivity contribution in [2.24, 2.45) is 4.99 Å². The number of furan rings is 1. The smallest absolute Gasteiger partial charge is 0.205 e. The lowest BCUT2D eigenvalue weighted by atomic mass is 9.99. The summed E-state index contributed by atoms with van der Waals surface area (Å²) >= 11 is 1.54. The molecule has 0 spiro atoms. The van der Waals surface area contributed by atoms with Gasteiger partial charge < -0.3 is 23.9 Å². The van der Waals surface area contributed by atoms with Gasteiger partial charge in [0.05, 0.1) is 31.4 Å². The van der Waals surface area contributed by atoms with Crippen molar-refractivity contribution in [3.8, 4) is 17.2 Å². The summed E-state index contributed by atoms with van der Waals surface area (Å²) in [6.07, 6.45) is 6.49. The van der Waals surface area contributed by atoms with Crippen LogP contribution in [0.5, 0.6) is 17.2 Å². The third-order valence-electron chi connectivity index (χ3n) is 4.01. The number of rotatable bonds is 4. The Morgan fingerprint density at radius 1 is 1.36 bits per heavy atom.